The van der Waals surface area contributed by atoms with Crippen molar-refractivity contribution < 1.29 is 9.53 Å². The van der Waals surface area contributed by atoms with Crippen LogP contribution in [0, 0.1) is 0 Å². The van der Waals surface area contributed by atoms with Crippen molar-refractivity contribution in [3.8, 4) is 0 Å². The normalized spacial score (nSPS) is 20.2. The Morgan fingerprint density at radius 3 is 2.65 bits per heavy atom. The van der Waals surface area contributed by atoms with Gasteiger partial charge in [-0.3, -0.25) is 4.79 Å². The first-order chi connectivity index (χ1) is 8.09. The summed E-state index contributed by atoms with van der Waals surface area (Å²) < 4.78 is 5.64. The van der Waals surface area contributed by atoms with Crippen LogP contribution in [0.1, 0.15) is 37.0 Å². The van der Waals surface area contributed by atoms with Gasteiger partial charge in [0.25, 0.3) is 5.91 Å². The number of nitrogens with one attached hydrogen (secondary N) is 1. The summed E-state index contributed by atoms with van der Waals surface area (Å²) >= 11 is 0. The van der Waals surface area contributed by atoms with E-state index in [-0.39, 0.29) is 17.6 Å². The predicted molar refractivity (Wildman–Crippen MR) is 67.0 cm³/mol. The highest BCUT2D eigenvalue weighted by Gasteiger charge is 2.34. The predicted octanol–water partition coefficient (Wildman–Crippen LogP) is 2.37. The molecule has 17 heavy (non-hydrogen) atoms. The van der Waals surface area contributed by atoms with E-state index in [9.17, 15) is 4.79 Å². The summed E-state index contributed by atoms with van der Waals surface area (Å²) in [5.74, 6) is -0.0360. The van der Waals surface area contributed by atoms with Gasteiger partial charge in [0.15, 0.2) is 0 Å². The fraction of sp³-hybridized carbons (Fsp3) is 0.500. The lowest BCUT2D eigenvalue weighted by Crippen LogP contribution is -2.51. The van der Waals surface area contributed by atoms with Crippen molar-refractivity contribution in [3.63, 3.8) is 0 Å². The van der Waals surface area contributed by atoms with Crippen LogP contribution in [0.3, 0.4) is 0 Å². The Balaban J connectivity index is 2.02. The summed E-state index contributed by atoms with van der Waals surface area (Å²) in [4.78, 5) is 12.1. The Morgan fingerprint density at radius 1 is 1.35 bits per heavy atom. The number of carbonyl (C=O) groups is 1. The average Bonchev–Trinajstić information content (AvgIpc) is 2.84. The minimum atomic E-state index is -0.316. The van der Waals surface area contributed by atoms with Crippen molar-refractivity contribution in [2.45, 2.75) is 38.3 Å². The lowest BCUT2D eigenvalue weighted by atomic mass is 9.94. The summed E-state index contributed by atoms with van der Waals surface area (Å²) in [5.41, 5.74) is 0.377. The van der Waals surface area contributed by atoms with Gasteiger partial charge in [0.1, 0.15) is 0 Å². The molecule has 2 rings (SSSR count). The van der Waals surface area contributed by atoms with Crippen LogP contribution in [-0.2, 0) is 4.74 Å². The van der Waals surface area contributed by atoms with Gasteiger partial charge in [-0.1, -0.05) is 18.2 Å². The molecule has 1 unspecified atom stereocenters. The van der Waals surface area contributed by atoms with Crippen molar-refractivity contribution in [3.05, 3.63) is 35.9 Å². The van der Waals surface area contributed by atoms with Crippen molar-refractivity contribution in [1.82, 2.24) is 5.32 Å². The van der Waals surface area contributed by atoms with Gasteiger partial charge >= 0.3 is 0 Å². The zero-order valence-electron chi connectivity index (χ0n) is 10.4. The van der Waals surface area contributed by atoms with Crippen LogP contribution in [0.5, 0.6) is 0 Å². The summed E-state index contributed by atoms with van der Waals surface area (Å²) in [6.45, 7) is 4.84. The maximum absolute atomic E-state index is 12.1. The topological polar surface area (TPSA) is 38.3 Å². The van der Waals surface area contributed by atoms with Gasteiger partial charge in [-0.05, 0) is 38.8 Å². The quantitative estimate of drug-likeness (QED) is 0.870. The molecule has 0 bridgehead atoms. The minimum Gasteiger partial charge on any atom is -0.376 e. The zero-order chi connectivity index (χ0) is 12.3. The fourth-order valence-electron chi connectivity index (χ4n) is 2.18. The standard InChI is InChI=1S/C14H19NO2/c1-14(2,12-9-6-10-17-12)15-13(16)11-7-4-3-5-8-11/h3-5,7-8,12H,6,9-10H2,1-2H3,(H,15,16). The molecule has 1 heterocycles. The molecule has 0 radical (unpaired) electrons. The van der Waals surface area contributed by atoms with E-state index in [2.05, 4.69) is 5.32 Å². The highest BCUT2D eigenvalue weighted by Crippen LogP contribution is 2.23. The van der Waals surface area contributed by atoms with E-state index in [0.717, 1.165) is 19.4 Å². The van der Waals surface area contributed by atoms with Crippen molar-refractivity contribution >= 4 is 5.91 Å². The van der Waals surface area contributed by atoms with Crippen LogP contribution in [-0.4, -0.2) is 24.2 Å². The number of hydrogen-bond acceptors (Lipinski definition) is 2. The SMILES string of the molecule is CC(C)(NC(=O)c1ccccc1)C1CCCO1. The Bertz CT molecular complexity index is 380. The van der Waals surface area contributed by atoms with Crippen LogP contribution in [0.15, 0.2) is 30.3 Å². The number of ether oxygens (including phenoxy) is 1. The molecule has 0 aromatic heterocycles. The van der Waals surface area contributed by atoms with Gasteiger partial charge in [-0.25, -0.2) is 0 Å². The third-order valence-electron chi connectivity index (χ3n) is 3.21. The molecule has 1 aliphatic heterocycles. The van der Waals surface area contributed by atoms with E-state index in [1.165, 1.54) is 0 Å². The average molecular weight is 233 g/mol. The molecule has 1 fully saturated rings. The Hall–Kier alpha value is -1.35. The highest BCUT2D eigenvalue weighted by molar-refractivity contribution is 5.94. The fourth-order valence-corrected chi connectivity index (χ4v) is 2.18. The maximum Gasteiger partial charge on any atom is 0.251 e. The third-order valence-corrected chi connectivity index (χ3v) is 3.21. The molecule has 1 N–H and O–H groups in total. The third kappa shape index (κ3) is 2.86. The molecule has 1 amide bonds. The molecule has 3 nitrogen and oxygen atoms in total. The largest absolute Gasteiger partial charge is 0.376 e. The zero-order valence-corrected chi connectivity index (χ0v) is 10.4. The number of hydrogen-bond donors (Lipinski definition) is 1. The molecule has 1 saturated heterocycles. The van der Waals surface area contributed by atoms with E-state index in [0.29, 0.717) is 5.56 Å². The highest BCUT2D eigenvalue weighted by atomic mass is 16.5. The Kier molecular flexibility index (Phi) is 3.48. The van der Waals surface area contributed by atoms with Crippen molar-refractivity contribution in [1.29, 1.82) is 0 Å². The molecule has 0 aliphatic carbocycles. The first-order valence-corrected chi connectivity index (χ1v) is 6.09. The number of rotatable bonds is 3. The van der Waals surface area contributed by atoms with E-state index in [4.69, 9.17) is 4.74 Å². The van der Waals surface area contributed by atoms with E-state index in [1.54, 1.807) is 0 Å². The van der Waals surface area contributed by atoms with Crippen LogP contribution in [0.2, 0.25) is 0 Å². The van der Waals surface area contributed by atoms with Gasteiger partial charge in [0.2, 0.25) is 0 Å². The molecule has 1 aliphatic rings. The molecular weight excluding hydrogens is 214 g/mol. The Morgan fingerprint density at radius 2 is 2.06 bits per heavy atom. The number of carbonyl (C=O) groups excluding carboxylic acids is 1. The molecule has 1 aromatic rings. The lowest BCUT2D eigenvalue weighted by Gasteiger charge is -2.32. The first-order valence-electron chi connectivity index (χ1n) is 6.09. The molecular formula is C14H19NO2. The summed E-state index contributed by atoms with van der Waals surface area (Å²) in [6.07, 6.45) is 2.22. The van der Waals surface area contributed by atoms with Gasteiger partial charge in [0.05, 0.1) is 11.6 Å². The van der Waals surface area contributed by atoms with Gasteiger partial charge in [-0.2, -0.15) is 0 Å². The smallest absolute Gasteiger partial charge is 0.251 e. The molecule has 92 valence electrons. The van der Waals surface area contributed by atoms with Crippen molar-refractivity contribution in [2.75, 3.05) is 6.61 Å². The molecule has 1 aromatic carbocycles. The van der Waals surface area contributed by atoms with Gasteiger partial charge in [0, 0.05) is 12.2 Å². The molecule has 0 spiro atoms. The summed E-state index contributed by atoms with van der Waals surface area (Å²) in [5, 5.41) is 3.05. The Labute approximate surface area is 102 Å². The second kappa shape index (κ2) is 4.88. The minimum absolute atomic E-state index is 0.0360. The van der Waals surface area contributed by atoms with Crippen LogP contribution in [0.4, 0.5) is 0 Å². The summed E-state index contributed by atoms with van der Waals surface area (Å²) in [6, 6.07) is 9.28. The van der Waals surface area contributed by atoms with E-state index >= 15 is 0 Å². The second-order valence-electron chi connectivity index (χ2n) is 5.04. The molecule has 1 atom stereocenters. The van der Waals surface area contributed by atoms with Crippen LogP contribution < -0.4 is 5.32 Å². The van der Waals surface area contributed by atoms with Gasteiger partial charge in [-0.15, -0.1) is 0 Å². The van der Waals surface area contributed by atoms with Crippen LogP contribution in [0.25, 0.3) is 0 Å². The first kappa shape index (κ1) is 12.1. The van der Waals surface area contributed by atoms with Crippen molar-refractivity contribution in [2.24, 2.45) is 0 Å². The summed E-state index contributed by atoms with van der Waals surface area (Å²) in [7, 11) is 0. The molecule has 3 heteroatoms. The number of benzene rings is 1. The number of amides is 1. The second-order valence-corrected chi connectivity index (χ2v) is 5.04. The van der Waals surface area contributed by atoms with E-state index < -0.39 is 0 Å². The van der Waals surface area contributed by atoms with E-state index in [1.807, 2.05) is 44.2 Å². The maximum atomic E-state index is 12.1. The molecule has 0 saturated carbocycles. The van der Waals surface area contributed by atoms with Crippen LogP contribution >= 0.6 is 0 Å². The monoisotopic (exact) mass is 233 g/mol. The van der Waals surface area contributed by atoms with Gasteiger partial charge < -0.3 is 10.1 Å². The lowest BCUT2D eigenvalue weighted by molar-refractivity contribution is 0.0402.